The van der Waals surface area contributed by atoms with E-state index in [0.29, 0.717) is 5.46 Å². The van der Waals surface area contributed by atoms with Crippen LogP contribution in [0.3, 0.4) is 0 Å². The second kappa shape index (κ2) is 4.12. The normalized spacial score (nSPS) is 21.3. The van der Waals surface area contributed by atoms with Crippen LogP contribution in [-0.2, 0) is 9.31 Å². The Bertz CT molecular complexity index is 477. The van der Waals surface area contributed by atoms with Crippen LogP contribution in [0.15, 0.2) is 12.1 Å². The van der Waals surface area contributed by atoms with Crippen LogP contribution in [0, 0.1) is 5.82 Å². The second-order valence-corrected chi connectivity index (χ2v) is 5.89. The zero-order valence-electron chi connectivity index (χ0n) is 10.9. The number of halogens is 2. The van der Waals surface area contributed by atoms with Crippen molar-refractivity contribution in [2.75, 3.05) is 5.73 Å². The van der Waals surface area contributed by atoms with Gasteiger partial charge in [0.15, 0.2) is 0 Å². The van der Waals surface area contributed by atoms with Gasteiger partial charge in [0, 0.05) is 5.46 Å². The number of hydrogen-bond donors (Lipinski definition) is 1. The molecule has 3 nitrogen and oxygen atoms in total. The molecule has 0 amide bonds. The van der Waals surface area contributed by atoms with Gasteiger partial charge in [0.2, 0.25) is 0 Å². The molecule has 0 spiro atoms. The summed E-state index contributed by atoms with van der Waals surface area (Å²) in [6.45, 7) is 7.68. The number of nitrogen functional groups attached to an aromatic ring is 1. The molecule has 0 saturated carbocycles. The van der Waals surface area contributed by atoms with Crippen LogP contribution in [0.2, 0.25) is 5.02 Å². The molecule has 1 aromatic rings. The Labute approximate surface area is 112 Å². The summed E-state index contributed by atoms with van der Waals surface area (Å²) in [6.07, 6.45) is 0. The summed E-state index contributed by atoms with van der Waals surface area (Å²) in [5, 5.41) is 0.166. The van der Waals surface area contributed by atoms with Crippen molar-refractivity contribution in [3.63, 3.8) is 0 Å². The van der Waals surface area contributed by atoms with E-state index in [9.17, 15) is 4.39 Å². The number of nitrogens with two attached hydrogens (primary N) is 1. The molecule has 18 heavy (non-hydrogen) atoms. The van der Waals surface area contributed by atoms with Crippen LogP contribution in [0.4, 0.5) is 10.1 Å². The molecule has 1 fully saturated rings. The van der Waals surface area contributed by atoms with Gasteiger partial charge in [0.25, 0.3) is 0 Å². The van der Waals surface area contributed by atoms with Gasteiger partial charge in [-0.15, -0.1) is 0 Å². The molecule has 98 valence electrons. The SMILES string of the molecule is CC1(C)OB(c2cc(F)cc(Cl)c2N)OC1(C)C. The van der Waals surface area contributed by atoms with E-state index in [2.05, 4.69) is 0 Å². The fourth-order valence-corrected chi connectivity index (χ4v) is 1.98. The minimum Gasteiger partial charge on any atom is -0.399 e. The third-order valence-corrected chi connectivity index (χ3v) is 3.95. The van der Waals surface area contributed by atoms with Crippen molar-refractivity contribution in [2.24, 2.45) is 0 Å². The van der Waals surface area contributed by atoms with Crippen molar-refractivity contribution in [3.05, 3.63) is 23.0 Å². The van der Waals surface area contributed by atoms with Gasteiger partial charge in [-0.2, -0.15) is 0 Å². The number of hydrogen-bond acceptors (Lipinski definition) is 3. The van der Waals surface area contributed by atoms with Gasteiger partial charge in [-0.05, 0) is 39.8 Å². The zero-order valence-corrected chi connectivity index (χ0v) is 11.6. The van der Waals surface area contributed by atoms with E-state index in [1.54, 1.807) is 0 Å². The van der Waals surface area contributed by atoms with Gasteiger partial charge in [-0.1, -0.05) is 11.6 Å². The fourth-order valence-electron chi connectivity index (χ4n) is 1.77. The Morgan fingerprint density at radius 2 is 1.67 bits per heavy atom. The van der Waals surface area contributed by atoms with Gasteiger partial charge >= 0.3 is 7.12 Å². The summed E-state index contributed by atoms with van der Waals surface area (Å²) < 4.78 is 25.0. The van der Waals surface area contributed by atoms with Crippen LogP contribution in [-0.4, -0.2) is 18.3 Å². The third kappa shape index (κ3) is 2.11. The lowest BCUT2D eigenvalue weighted by Crippen LogP contribution is -2.41. The predicted molar refractivity (Wildman–Crippen MR) is 71.5 cm³/mol. The summed E-state index contributed by atoms with van der Waals surface area (Å²) >= 11 is 5.86. The molecule has 1 aromatic carbocycles. The molecule has 2 N–H and O–H groups in total. The molecule has 6 heteroatoms. The van der Waals surface area contributed by atoms with Crippen molar-refractivity contribution in [2.45, 2.75) is 38.9 Å². The summed E-state index contributed by atoms with van der Waals surface area (Å²) in [4.78, 5) is 0. The van der Waals surface area contributed by atoms with E-state index >= 15 is 0 Å². The highest BCUT2D eigenvalue weighted by Gasteiger charge is 2.52. The third-order valence-electron chi connectivity index (χ3n) is 3.63. The maximum atomic E-state index is 13.4. The number of benzene rings is 1. The largest absolute Gasteiger partial charge is 0.497 e. The molecule has 0 aromatic heterocycles. The lowest BCUT2D eigenvalue weighted by molar-refractivity contribution is 0.00578. The average Bonchev–Trinajstić information content (AvgIpc) is 2.42. The topological polar surface area (TPSA) is 44.5 Å². The Balaban J connectivity index is 2.41. The molecule has 1 saturated heterocycles. The summed E-state index contributed by atoms with van der Waals surface area (Å²) in [5.41, 5.74) is 5.57. The minimum absolute atomic E-state index is 0.166. The molecule has 0 bridgehead atoms. The molecular formula is C12H16BClFNO2. The molecule has 2 rings (SSSR count). The van der Waals surface area contributed by atoms with E-state index in [4.69, 9.17) is 26.6 Å². The van der Waals surface area contributed by atoms with Crippen molar-refractivity contribution in [3.8, 4) is 0 Å². The van der Waals surface area contributed by atoms with Crippen molar-refractivity contribution < 1.29 is 13.7 Å². The Morgan fingerprint density at radius 1 is 1.17 bits per heavy atom. The number of rotatable bonds is 1. The average molecular weight is 272 g/mol. The van der Waals surface area contributed by atoms with Gasteiger partial charge in [0.05, 0.1) is 21.9 Å². The van der Waals surface area contributed by atoms with Crippen LogP contribution in [0.25, 0.3) is 0 Å². The van der Waals surface area contributed by atoms with Gasteiger partial charge < -0.3 is 15.0 Å². The number of anilines is 1. The van der Waals surface area contributed by atoms with Gasteiger partial charge in [-0.25, -0.2) is 4.39 Å². The van der Waals surface area contributed by atoms with Crippen LogP contribution < -0.4 is 11.2 Å². The van der Waals surface area contributed by atoms with E-state index in [1.165, 1.54) is 12.1 Å². The van der Waals surface area contributed by atoms with Gasteiger partial charge in [0.1, 0.15) is 5.82 Å². The zero-order chi connectivity index (χ0) is 13.7. The second-order valence-electron chi connectivity index (χ2n) is 5.48. The fraction of sp³-hybridized carbons (Fsp3) is 0.500. The Hall–Kier alpha value is -0.775. The maximum absolute atomic E-state index is 13.4. The molecule has 0 atom stereocenters. The van der Waals surface area contributed by atoms with Crippen LogP contribution in [0.1, 0.15) is 27.7 Å². The molecule has 1 heterocycles. The lowest BCUT2D eigenvalue weighted by atomic mass is 9.78. The standard InChI is InChI=1S/C12H16BClFNO2/c1-11(2)12(3,4)18-13(17-11)8-5-7(15)6-9(14)10(8)16/h5-6H,16H2,1-4H3. The van der Waals surface area contributed by atoms with Crippen molar-refractivity contribution in [1.82, 2.24) is 0 Å². The summed E-state index contributed by atoms with van der Waals surface area (Å²) in [5.74, 6) is -0.459. The van der Waals surface area contributed by atoms with Crippen molar-refractivity contribution >= 4 is 29.9 Å². The quantitative estimate of drug-likeness (QED) is 0.630. The summed E-state index contributed by atoms with van der Waals surface area (Å²) in [7, 11) is -0.705. The Kier molecular flexibility index (Phi) is 3.12. The highest BCUT2D eigenvalue weighted by atomic mass is 35.5. The highest BCUT2D eigenvalue weighted by Crippen LogP contribution is 2.37. The smallest absolute Gasteiger partial charge is 0.399 e. The van der Waals surface area contributed by atoms with E-state index in [-0.39, 0.29) is 10.7 Å². The maximum Gasteiger partial charge on any atom is 0.497 e. The summed E-state index contributed by atoms with van der Waals surface area (Å²) in [6, 6.07) is 2.47. The van der Waals surface area contributed by atoms with E-state index < -0.39 is 24.1 Å². The Morgan fingerprint density at radius 3 is 2.17 bits per heavy atom. The van der Waals surface area contributed by atoms with Crippen molar-refractivity contribution in [1.29, 1.82) is 0 Å². The first-order valence-corrected chi connectivity index (χ1v) is 6.12. The minimum atomic E-state index is -0.705. The first-order chi connectivity index (χ1) is 8.14. The predicted octanol–water partition coefficient (Wildman–Crippen LogP) is 2.36. The van der Waals surface area contributed by atoms with E-state index in [0.717, 1.165) is 0 Å². The van der Waals surface area contributed by atoms with Gasteiger partial charge in [-0.3, -0.25) is 0 Å². The molecule has 1 aliphatic rings. The molecule has 0 unspecified atom stereocenters. The first kappa shape index (κ1) is 13.7. The molecule has 0 radical (unpaired) electrons. The molecule has 0 aliphatic carbocycles. The lowest BCUT2D eigenvalue weighted by Gasteiger charge is -2.32. The van der Waals surface area contributed by atoms with Crippen LogP contribution in [0.5, 0.6) is 0 Å². The highest BCUT2D eigenvalue weighted by molar-refractivity contribution is 6.64. The monoisotopic (exact) mass is 271 g/mol. The van der Waals surface area contributed by atoms with E-state index in [1.807, 2.05) is 27.7 Å². The first-order valence-electron chi connectivity index (χ1n) is 5.74. The van der Waals surface area contributed by atoms with Crippen LogP contribution >= 0.6 is 11.6 Å². The molecule has 1 aliphatic heterocycles. The molecular weight excluding hydrogens is 255 g/mol.